The van der Waals surface area contributed by atoms with E-state index in [-0.39, 0.29) is 11.4 Å². The first-order valence-electron chi connectivity index (χ1n) is 10.3. The van der Waals surface area contributed by atoms with E-state index in [1.807, 2.05) is 30.1 Å². The summed E-state index contributed by atoms with van der Waals surface area (Å²) < 4.78 is 34.0. The van der Waals surface area contributed by atoms with Gasteiger partial charge in [-0.1, -0.05) is 6.07 Å². The highest BCUT2D eigenvalue weighted by atomic mass is 32.2. The van der Waals surface area contributed by atoms with Crippen molar-refractivity contribution < 1.29 is 23.1 Å². The van der Waals surface area contributed by atoms with Gasteiger partial charge >= 0.3 is 0 Å². The minimum atomic E-state index is -3.72. The molecule has 0 spiro atoms. The Kier molecular flexibility index (Phi) is 6.24. The molecule has 9 nitrogen and oxygen atoms in total. The third-order valence-electron chi connectivity index (χ3n) is 5.71. The van der Waals surface area contributed by atoms with Crippen LogP contribution in [0.4, 0.5) is 11.4 Å². The number of aromatic nitrogens is 1. The molecule has 0 bridgehead atoms. The molecule has 2 aliphatic heterocycles. The zero-order valence-electron chi connectivity index (χ0n) is 17.8. The molecule has 0 aliphatic carbocycles. The zero-order chi connectivity index (χ0) is 22.7. The average Bonchev–Trinajstić information content (AvgIpc) is 3.25. The molecule has 10 heteroatoms. The number of hydrogen-bond donors (Lipinski definition) is 2. The fourth-order valence-corrected chi connectivity index (χ4v) is 5.49. The van der Waals surface area contributed by atoms with Crippen molar-refractivity contribution in [1.82, 2.24) is 9.29 Å². The van der Waals surface area contributed by atoms with Gasteiger partial charge in [-0.3, -0.25) is 4.79 Å². The Morgan fingerprint density at radius 2 is 1.81 bits per heavy atom. The lowest BCUT2D eigenvalue weighted by atomic mass is 10.2. The molecule has 2 aromatic carbocycles. The lowest BCUT2D eigenvalue weighted by molar-refractivity contribution is -0.122. The quantitative estimate of drug-likeness (QED) is 0.573. The Bertz CT molecular complexity index is 1220. The van der Waals surface area contributed by atoms with Crippen molar-refractivity contribution >= 4 is 38.8 Å². The third-order valence-corrected chi connectivity index (χ3v) is 7.40. The van der Waals surface area contributed by atoms with Crippen molar-refractivity contribution in [3.8, 4) is 5.75 Å². The summed E-state index contributed by atoms with van der Waals surface area (Å²) in [6, 6.07) is 12.8. The van der Waals surface area contributed by atoms with Gasteiger partial charge in [0.05, 0.1) is 22.6 Å². The van der Waals surface area contributed by atoms with Crippen molar-refractivity contribution in [3.63, 3.8) is 0 Å². The van der Waals surface area contributed by atoms with E-state index in [0.29, 0.717) is 12.1 Å². The number of carbonyl (C=O) groups is 1. The monoisotopic (exact) mass is 458 g/mol. The maximum Gasteiger partial charge on any atom is 0.290 e. The normalized spacial score (nSPS) is 16.0. The largest absolute Gasteiger partial charge is 0.490 e. The number of rotatable bonds is 3. The molecule has 3 heterocycles. The van der Waals surface area contributed by atoms with Crippen molar-refractivity contribution in [3.05, 3.63) is 48.7 Å². The summed E-state index contributed by atoms with van der Waals surface area (Å²) in [5, 5.41) is 11.2. The molecule has 170 valence electrons. The van der Waals surface area contributed by atoms with Crippen LogP contribution in [-0.4, -0.2) is 70.3 Å². The molecular formula is C22H26N4O5S. The fourth-order valence-electron chi connectivity index (χ4n) is 4.12. The number of benzene rings is 2. The highest BCUT2D eigenvalue weighted by Crippen LogP contribution is 2.35. The number of ether oxygens (including phenoxy) is 1. The van der Waals surface area contributed by atoms with Gasteiger partial charge in [0.15, 0.2) is 0 Å². The molecule has 0 saturated carbocycles. The van der Waals surface area contributed by atoms with Gasteiger partial charge in [-0.05, 0) is 36.4 Å². The Hall–Kier alpha value is -3.24. The Morgan fingerprint density at radius 3 is 2.56 bits per heavy atom. The van der Waals surface area contributed by atoms with Crippen molar-refractivity contribution in [2.45, 2.75) is 4.90 Å². The summed E-state index contributed by atoms with van der Waals surface area (Å²) in [6.45, 7) is 4.77. The van der Waals surface area contributed by atoms with Crippen LogP contribution in [0.5, 0.6) is 5.75 Å². The van der Waals surface area contributed by atoms with Gasteiger partial charge in [0, 0.05) is 50.5 Å². The molecule has 2 aliphatic rings. The van der Waals surface area contributed by atoms with Gasteiger partial charge < -0.3 is 25.0 Å². The van der Waals surface area contributed by atoms with Gasteiger partial charge in [0.1, 0.15) is 12.4 Å². The molecule has 5 rings (SSSR count). The van der Waals surface area contributed by atoms with Crippen LogP contribution in [0.15, 0.2) is 53.6 Å². The van der Waals surface area contributed by atoms with Crippen LogP contribution in [0.25, 0.3) is 10.9 Å². The highest BCUT2D eigenvalue weighted by Gasteiger charge is 2.24. The van der Waals surface area contributed by atoms with Crippen LogP contribution < -0.4 is 19.9 Å². The third kappa shape index (κ3) is 3.98. The van der Waals surface area contributed by atoms with Crippen molar-refractivity contribution in [2.75, 3.05) is 56.2 Å². The summed E-state index contributed by atoms with van der Waals surface area (Å²) in [5.41, 5.74) is 2.58. The smallest absolute Gasteiger partial charge is 0.290 e. The highest BCUT2D eigenvalue weighted by molar-refractivity contribution is 7.90. The van der Waals surface area contributed by atoms with Gasteiger partial charge in [0.25, 0.3) is 16.5 Å². The molecule has 1 aromatic heterocycles. The Balaban J connectivity index is 0.000000775. The fraction of sp³-hybridized carbons (Fsp3) is 0.318. The minimum Gasteiger partial charge on any atom is -0.490 e. The first-order chi connectivity index (χ1) is 15.5. The van der Waals surface area contributed by atoms with E-state index in [1.54, 1.807) is 24.4 Å². The number of fused-ring (bicyclic) bond motifs is 2. The SMILES string of the molecule is CN1CCOc2ccc(S(=O)(=O)n3ccc4c(N5CCNCC5)cccc43)cc21.O=CO. The lowest BCUT2D eigenvalue weighted by Crippen LogP contribution is -2.43. The van der Waals surface area contributed by atoms with E-state index < -0.39 is 10.0 Å². The van der Waals surface area contributed by atoms with E-state index in [0.717, 1.165) is 55.2 Å². The maximum atomic E-state index is 13.5. The number of hydrogen-bond acceptors (Lipinski definition) is 7. The van der Waals surface area contributed by atoms with Gasteiger partial charge in [0.2, 0.25) is 0 Å². The molecule has 0 amide bonds. The Labute approximate surface area is 186 Å². The molecule has 2 N–H and O–H groups in total. The molecule has 0 unspecified atom stereocenters. The number of anilines is 2. The number of likely N-dealkylation sites (N-methyl/N-ethyl adjacent to an activating group) is 1. The van der Waals surface area contributed by atoms with Crippen molar-refractivity contribution in [2.24, 2.45) is 0 Å². The lowest BCUT2D eigenvalue weighted by Gasteiger charge is -2.30. The summed E-state index contributed by atoms with van der Waals surface area (Å²) in [4.78, 5) is 13.0. The first-order valence-corrected chi connectivity index (χ1v) is 11.8. The second-order valence-electron chi connectivity index (χ2n) is 7.57. The number of nitrogens with zero attached hydrogens (tertiary/aromatic N) is 3. The predicted molar refractivity (Wildman–Crippen MR) is 124 cm³/mol. The second kappa shape index (κ2) is 9.09. The minimum absolute atomic E-state index is 0.250. The molecule has 0 radical (unpaired) electrons. The summed E-state index contributed by atoms with van der Waals surface area (Å²) in [7, 11) is -1.78. The zero-order valence-corrected chi connectivity index (χ0v) is 18.6. The van der Waals surface area contributed by atoms with Crippen LogP contribution >= 0.6 is 0 Å². The molecule has 3 aromatic rings. The number of piperazine rings is 1. The topological polar surface area (TPSA) is 104 Å². The van der Waals surface area contributed by atoms with E-state index >= 15 is 0 Å². The molecular weight excluding hydrogens is 432 g/mol. The second-order valence-corrected chi connectivity index (χ2v) is 9.38. The van der Waals surface area contributed by atoms with Gasteiger partial charge in [-0.2, -0.15) is 0 Å². The summed E-state index contributed by atoms with van der Waals surface area (Å²) >= 11 is 0. The Morgan fingerprint density at radius 1 is 1.06 bits per heavy atom. The first kappa shape index (κ1) is 22.0. The van der Waals surface area contributed by atoms with E-state index in [9.17, 15) is 8.42 Å². The van der Waals surface area contributed by atoms with E-state index in [1.165, 1.54) is 3.97 Å². The number of nitrogens with one attached hydrogen (secondary N) is 1. The van der Waals surface area contributed by atoms with Gasteiger partial charge in [-0.25, -0.2) is 12.4 Å². The average molecular weight is 459 g/mol. The standard InChI is InChI=1S/C21H24N4O3S.CH2O2/c1-23-13-14-28-21-6-5-16(15-20(21)23)29(26,27)25-10-7-17-18(3-2-4-19(17)25)24-11-8-22-9-12-24;2-1-3/h2-7,10,15,22H,8-9,11-14H2,1H3;1H,(H,2,3). The van der Waals surface area contributed by atoms with Crippen LogP contribution in [0.1, 0.15) is 0 Å². The van der Waals surface area contributed by atoms with Crippen LogP contribution in [-0.2, 0) is 14.8 Å². The van der Waals surface area contributed by atoms with E-state index in [2.05, 4.69) is 16.3 Å². The maximum absolute atomic E-state index is 13.5. The van der Waals surface area contributed by atoms with Crippen molar-refractivity contribution in [1.29, 1.82) is 0 Å². The molecule has 32 heavy (non-hydrogen) atoms. The predicted octanol–water partition coefficient (Wildman–Crippen LogP) is 1.82. The molecule has 1 fully saturated rings. The summed E-state index contributed by atoms with van der Waals surface area (Å²) in [6.07, 6.45) is 1.66. The number of carboxylic acid groups (broad SMARTS) is 1. The molecule has 1 saturated heterocycles. The van der Waals surface area contributed by atoms with Crippen LogP contribution in [0, 0.1) is 0 Å². The van der Waals surface area contributed by atoms with Crippen LogP contribution in [0.2, 0.25) is 0 Å². The molecule has 0 atom stereocenters. The van der Waals surface area contributed by atoms with E-state index in [4.69, 9.17) is 14.6 Å². The van der Waals surface area contributed by atoms with Crippen LogP contribution in [0.3, 0.4) is 0 Å². The van der Waals surface area contributed by atoms with Gasteiger partial charge in [-0.15, -0.1) is 0 Å². The summed E-state index contributed by atoms with van der Waals surface area (Å²) in [5.74, 6) is 0.719.